The Labute approximate surface area is 61.4 Å². The van der Waals surface area contributed by atoms with E-state index in [0.29, 0.717) is 0 Å². The van der Waals surface area contributed by atoms with Gasteiger partial charge in [0, 0.05) is 36.8 Å². The second-order valence-corrected chi connectivity index (χ2v) is 1.18. The van der Waals surface area contributed by atoms with Crippen molar-refractivity contribution in [1.29, 1.82) is 0 Å². The summed E-state index contributed by atoms with van der Waals surface area (Å²) in [5, 5.41) is 6.22. The van der Waals surface area contributed by atoms with Crippen LogP contribution in [0, 0.1) is 0 Å². The molecule has 4 heteroatoms. The zero-order chi connectivity index (χ0) is 3.54. The smallest absolute Gasteiger partial charge is 0.0455 e. The Morgan fingerprint density at radius 2 is 1.43 bits per heavy atom. The van der Waals surface area contributed by atoms with Crippen molar-refractivity contribution in [2.75, 3.05) is 19.8 Å². The molecule has 0 aliphatic carbocycles. The van der Waals surface area contributed by atoms with E-state index in [1.807, 2.05) is 0 Å². The van der Waals surface area contributed by atoms with E-state index in [-0.39, 0.29) is 30.6 Å². The van der Waals surface area contributed by atoms with Gasteiger partial charge in [-0.15, -0.1) is 0 Å². The van der Waals surface area contributed by atoms with E-state index in [1.165, 1.54) is 0 Å². The summed E-state index contributed by atoms with van der Waals surface area (Å²) in [5.74, 6) is 0. The molecule has 2 N–H and O–H groups in total. The number of hydrogen-bond donors (Lipinski definition) is 2. The van der Waals surface area contributed by atoms with Gasteiger partial charge in [0.2, 0.25) is 0 Å². The van der Waals surface area contributed by atoms with Gasteiger partial charge in [-0.2, -0.15) is 13.5 Å². The first-order valence-corrected chi connectivity index (χ1v) is 1.91. The fourth-order valence-corrected chi connectivity index (χ4v) is 0.442. The standard InChI is InChI=1S/C3H8N2.Cu.H2S/c1-2-5-3-4-1;;/h4-5H,1-3H2;;1H2. The zero-order valence-electron chi connectivity index (χ0n) is 3.92. The van der Waals surface area contributed by atoms with Crippen LogP contribution >= 0.6 is 13.5 Å². The predicted molar refractivity (Wildman–Crippen MR) is 31.3 cm³/mol. The predicted octanol–water partition coefficient (Wildman–Crippen LogP) is -0.753. The summed E-state index contributed by atoms with van der Waals surface area (Å²) in [5.41, 5.74) is 0. The van der Waals surface area contributed by atoms with Crippen molar-refractivity contribution in [3.05, 3.63) is 0 Å². The van der Waals surface area contributed by atoms with E-state index in [1.54, 1.807) is 0 Å². The molecule has 1 rings (SSSR count). The van der Waals surface area contributed by atoms with Gasteiger partial charge in [-0.25, -0.2) is 0 Å². The van der Waals surface area contributed by atoms with Gasteiger partial charge in [0.1, 0.15) is 0 Å². The summed E-state index contributed by atoms with van der Waals surface area (Å²) in [6.45, 7) is 3.28. The summed E-state index contributed by atoms with van der Waals surface area (Å²) in [6, 6.07) is 0. The van der Waals surface area contributed by atoms with E-state index in [9.17, 15) is 0 Å². The molecule has 0 unspecified atom stereocenters. The van der Waals surface area contributed by atoms with Gasteiger partial charge < -0.3 is 10.6 Å². The number of rotatable bonds is 0. The summed E-state index contributed by atoms with van der Waals surface area (Å²) in [4.78, 5) is 0. The van der Waals surface area contributed by atoms with Gasteiger partial charge in [0.15, 0.2) is 0 Å². The zero-order valence-corrected chi connectivity index (χ0v) is 5.86. The summed E-state index contributed by atoms with van der Waals surface area (Å²) >= 11 is 0. The normalized spacial score (nSPS) is 17.1. The third kappa shape index (κ3) is 4.65. The van der Waals surface area contributed by atoms with Gasteiger partial charge in [-0.3, -0.25) is 0 Å². The van der Waals surface area contributed by atoms with Crippen LogP contribution in [-0.4, -0.2) is 19.8 Å². The molecule has 0 atom stereocenters. The van der Waals surface area contributed by atoms with Gasteiger partial charge in [-0.1, -0.05) is 0 Å². The molecule has 1 aliphatic heterocycles. The molecule has 0 aromatic heterocycles. The maximum Gasteiger partial charge on any atom is 0.0455 e. The first-order chi connectivity index (χ1) is 2.50. The minimum Gasteiger partial charge on any atom is -0.303 e. The van der Waals surface area contributed by atoms with Crippen molar-refractivity contribution in [3.8, 4) is 0 Å². The molecule has 0 amide bonds. The molecule has 1 fully saturated rings. The van der Waals surface area contributed by atoms with Crippen LogP contribution in [-0.2, 0) is 17.1 Å². The average Bonchev–Trinajstić information content (AvgIpc) is 1.76. The van der Waals surface area contributed by atoms with Crippen LogP contribution in [0.5, 0.6) is 0 Å². The maximum absolute atomic E-state index is 3.11. The molecule has 0 spiro atoms. The third-order valence-electron chi connectivity index (χ3n) is 0.729. The Morgan fingerprint density at radius 1 is 1.00 bits per heavy atom. The van der Waals surface area contributed by atoms with Gasteiger partial charge >= 0.3 is 0 Å². The molecule has 1 radical (unpaired) electrons. The summed E-state index contributed by atoms with van der Waals surface area (Å²) in [7, 11) is 0. The largest absolute Gasteiger partial charge is 0.303 e. The molecule has 1 heterocycles. The van der Waals surface area contributed by atoms with Gasteiger partial charge in [0.25, 0.3) is 0 Å². The first-order valence-electron chi connectivity index (χ1n) is 1.91. The molecule has 0 aromatic rings. The van der Waals surface area contributed by atoms with Crippen LogP contribution in [0.25, 0.3) is 0 Å². The van der Waals surface area contributed by atoms with E-state index in [0.717, 1.165) is 19.8 Å². The fraction of sp³-hybridized carbons (Fsp3) is 1.00. The first kappa shape index (κ1) is 10.7. The van der Waals surface area contributed by atoms with Gasteiger partial charge in [0.05, 0.1) is 0 Å². The number of nitrogens with one attached hydrogen (secondary N) is 2. The second-order valence-electron chi connectivity index (χ2n) is 1.18. The molecule has 0 aromatic carbocycles. The van der Waals surface area contributed by atoms with Crippen molar-refractivity contribution in [2.45, 2.75) is 0 Å². The molecule has 1 saturated heterocycles. The van der Waals surface area contributed by atoms with Crippen molar-refractivity contribution >= 4 is 13.5 Å². The Hall–Kier alpha value is 0.789. The van der Waals surface area contributed by atoms with E-state index < -0.39 is 0 Å². The van der Waals surface area contributed by atoms with E-state index in [4.69, 9.17) is 0 Å². The molecule has 7 heavy (non-hydrogen) atoms. The Bertz CT molecular complexity index is 24.5. The van der Waals surface area contributed by atoms with Crippen LogP contribution in [0.1, 0.15) is 0 Å². The van der Waals surface area contributed by atoms with Crippen LogP contribution in [0.2, 0.25) is 0 Å². The van der Waals surface area contributed by atoms with Crippen LogP contribution in [0.15, 0.2) is 0 Å². The Balaban J connectivity index is 0. The maximum atomic E-state index is 3.11. The molecular formula is C3H10CuN2S. The second kappa shape index (κ2) is 6.79. The molecule has 0 bridgehead atoms. The van der Waals surface area contributed by atoms with Crippen LogP contribution in [0.3, 0.4) is 0 Å². The quantitative estimate of drug-likeness (QED) is 0.467. The topological polar surface area (TPSA) is 24.1 Å². The van der Waals surface area contributed by atoms with Crippen molar-refractivity contribution in [3.63, 3.8) is 0 Å². The van der Waals surface area contributed by atoms with Crippen LogP contribution < -0.4 is 10.6 Å². The SMILES string of the molecule is C1CNCN1.S.[Cu]. The minimum absolute atomic E-state index is 0. The van der Waals surface area contributed by atoms with E-state index >= 15 is 0 Å². The monoisotopic (exact) mass is 169 g/mol. The van der Waals surface area contributed by atoms with Crippen molar-refractivity contribution < 1.29 is 17.1 Å². The molecule has 49 valence electrons. The number of hydrogen-bond acceptors (Lipinski definition) is 2. The van der Waals surface area contributed by atoms with E-state index in [2.05, 4.69) is 10.6 Å². The molecule has 1 aliphatic rings. The van der Waals surface area contributed by atoms with Crippen molar-refractivity contribution in [2.24, 2.45) is 0 Å². The van der Waals surface area contributed by atoms with Gasteiger partial charge in [-0.05, 0) is 0 Å². The Kier molecular flexibility index (Phi) is 10.4. The summed E-state index contributed by atoms with van der Waals surface area (Å²) in [6.07, 6.45) is 0. The molecule has 2 nitrogen and oxygen atoms in total. The van der Waals surface area contributed by atoms with Crippen molar-refractivity contribution in [1.82, 2.24) is 10.6 Å². The molecule has 0 saturated carbocycles. The third-order valence-corrected chi connectivity index (χ3v) is 0.729. The summed E-state index contributed by atoms with van der Waals surface area (Å²) < 4.78 is 0. The fourth-order valence-electron chi connectivity index (χ4n) is 0.442. The minimum atomic E-state index is 0. The Morgan fingerprint density at radius 3 is 1.57 bits per heavy atom. The van der Waals surface area contributed by atoms with Crippen LogP contribution in [0.4, 0.5) is 0 Å². The average molecular weight is 170 g/mol. The molecular weight excluding hydrogens is 160 g/mol.